The van der Waals surface area contributed by atoms with Gasteiger partial charge in [-0.25, -0.2) is 0 Å². The van der Waals surface area contributed by atoms with Crippen LogP contribution in [0, 0.1) is 0 Å². The first-order chi connectivity index (χ1) is 9.37. The van der Waals surface area contributed by atoms with Gasteiger partial charge in [0, 0.05) is 21.7 Å². The number of halogens is 1. The van der Waals surface area contributed by atoms with Crippen molar-refractivity contribution >= 4 is 29.3 Å². The molecule has 1 rings (SSSR count). The monoisotopic (exact) mass is 315 g/mol. The van der Waals surface area contributed by atoms with Crippen molar-refractivity contribution in [1.82, 2.24) is 5.32 Å². The van der Waals surface area contributed by atoms with Crippen LogP contribution >= 0.6 is 23.4 Å². The van der Waals surface area contributed by atoms with E-state index in [9.17, 15) is 4.79 Å². The smallest absolute Gasteiger partial charge is 0.326 e. The van der Waals surface area contributed by atoms with Crippen molar-refractivity contribution in [1.29, 1.82) is 0 Å². The highest BCUT2D eigenvalue weighted by atomic mass is 35.5. The predicted molar refractivity (Wildman–Crippen MR) is 85.5 cm³/mol. The molecule has 1 atom stereocenters. The van der Waals surface area contributed by atoms with Gasteiger partial charge in [-0.3, -0.25) is 10.1 Å². The largest absolute Gasteiger partial charge is 0.465 e. The Morgan fingerprint density at radius 1 is 1.40 bits per heavy atom. The number of esters is 1. The second kappa shape index (κ2) is 7.91. The molecule has 0 aliphatic heterocycles. The van der Waals surface area contributed by atoms with Gasteiger partial charge in [0.25, 0.3) is 0 Å². The molecule has 3 nitrogen and oxygen atoms in total. The molecule has 0 saturated carbocycles. The van der Waals surface area contributed by atoms with Crippen LogP contribution in [0.1, 0.15) is 27.7 Å². The van der Waals surface area contributed by atoms with E-state index in [0.29, 0.717) is 17.4 Å². The standard InChI is InChI=1S/C15H22ClNO2S/c1-5-19-14(18)15(4,17-11(2)3)10-20-13-8-6-12(16)7-9-13/h6-9,11,17H,5,10H2,1-4H3. The molecule has 1 unspecified atom stereocenters. The minimum absolute atomic E-state index is 0.204. The van der Waals surface area contributed by atoms with Gasteiger partial charge in [-0.2, -0.15) is 0 Å². The first-order valence-corrected chi connectivity index (χ1v) is 8.07. The number of rotatable bonds is 7. The van der Waals surface area contributed by atoms with Crippen LogP contribution in [0.15, 0.2) is 29.2 Å². The molecule has 1 N–H and O–H groups in total. The normalized spacial score (nSPS) is 14.1. The zero-order valence-corrected chi connectivity index (χ0v) is 14.0. The summed E-state index contributed by atoms with van der Waals surface area (Å²) in [6, 6.07) is 7.81. The summed E-state index contributed by atoms with van der Waals surface area (Å²) in [6.45, 7) is 8.13. The predicted octanol–water partition coefficient (Wildman–Crippen LogP) is 3.75. The van der Waals surface area contributed by atoms with Gasteiger partial charge < -0.3 is 4.74 Å². The van der Waals surface area contributed by atoms with E-state index >= 15 is 0 Å². The van der Waals surface area contributed by atoms with Crippen LogP contribution < -0.4 is 5.32 Å². The minimum Gasteiger partial charge on any atom is -0.465 e. The number of nitrogens with one attached hydrogen (secondary N) is 1. The Kier molecular flexibility index (Phi) is 6.86. The van der Waals surface area contributed by atoms with Crippen LogP contribution in [0.5, 0.6) is 0 Å². The van der Waals surface area contributed by atoms with E-state index < -0.39 is 5.54 Å². The Morgan fingerprint density at radius 2 is 2.00 bits per heavy atom. The number of thioether (sulfide) groups is 1. The van der Waals surface area contributed by atoms with E-state index in [2.05, 4.69) is 5.32 Å². The summed E-state index contributed by atoms with van der Waals surface area (Å²) in [6.07, 6.45) is 0. The summed E-state index contributed by atoms with van der Waals surface area (Å²) in [7, 11) is 0. The third kappa shape index (κ3) is 5.35. The minimum atomic E-state index is -0.700. The lowest BCUT2D eigenvalue weighted by Crippen LogP contribution is -2.55. The lowest BCUT2D eigenvalue weighted by Gasteiger charge is -2.30. The fourth-order valence-corrected chi connectivity index (χ4v) is 2.96. The molecular formula is C15H22ClNO2S. The van der Waals surface area contributed by atoms with Crippen molar-refractivity contribution in [3.05, 3.63) is 29.3 Å². The molecule has 1 aromatic rings. The van der Waals surface area contributed by atoms with E-state index in [-0.39, 0.29) is 12.0 Å². The maximum atomic E-state index is 12.2. The SMILES string of the molecule is CCOC(=O)C(C)(CSc1ccc(Cl)cc1)NC(C)C. The van der Waals surface area contributed by atoms with Gasteiger partial charge in [0.2, 0.25) is 0 Å². The molecule has 0 heterocycles. The van der Waals surface area contributed by atoms with Gasteiger partial charge >= 0.3 is 5.97 Å². The van der Waals surface area contributed by atoms with Crippen LogP contribution in [-0.4, -0.2) is 29.9 Å². The van der Waals surface area contributed by atoms with E-state index in [1.54, 1.807) is 11.8 Å². The van der Waals surface area contributed by atoms with Gasteiger partial charge in [-0.15, -0.1) is 11.8 Å². The van der Waals surface area contributed by atoms with Crippen molar-refractivity contribution in [3.8, 4) is 0 Å². The molecule has 0 fully saturated rings. The maximum Gasteiger partial charge on any atom is 0.326 e. The highest BCUT2D eigenvalue weighted by Crippen LogP contribution is 2.25. The molecule has 5 heteroatoms. The first-order valence-electron chi connectivity index (χ1n) is 6.70. The van der Waals surface area contributed by atoms with E-state index in [4.69, 9.17) is 16.3 Å². The van der Waals surface area contributed by atoms with Gasteiger partial charge in [0.1, 0.15) is 5.54 Å². The van der Waals surface area contributed by atoms with Crippen LogP contribution in [0.4, 0.5) is 0 Å². The van der Waals surface area contributed by atoms with Gasteiger partial charge in [0.15, 0.2) is 0 Å². The Morgan fingerprint density at radius 3 is 2.50 bits per heavy atom. The van der Waals surface area contributed by atoms with Crippen molar-refractivity contribution < 1.29 is 9.53 Å². The number of hydrogen-bond acceptors (Lipinski definition) is 4. The van der Waals surface area contributed by atoms with Crippen LogP contribution in [0.2, 0.25) is 5.02 Å². The quantitative estimate of drug-likeness (QED) is 0.614. The zero-order chi connectivity index (χ0) is 15.2. The molecule has 1 aromatic carbocycles. The van der Waals surface area contributed by atoms with E-state index in [1.807, 2.05) is 52.0 Å². The van der Waals surface area contributed by atoms with Crippen molar-refractivity contribution in [3.63, 3.8) is 0 Å². The van der Waals surface area contributed by atoms with E-state index in [1.165, 1.54) is 0 Å². The Balaban J connectivity index is 2.73. The highest BCUT2D eigenvalue weighted by molar-refractivity contribution is 7.99. The Hall–Kier alpha value is -0.710. The molecule has 0 radical (unpaired) electrons. The fraction of sp³-hybridized carbons (Fsp3) is 0.533. The van der Waals surface area contributed by atoms with Crippen molar-refractivity contribution in [2.24, 2.45) is 0 Å². The molecule has 0 saturated heterocycles. The molecule has 112 valence electrons. The summed E-state index contributed by atoms with van der Waals surface area (Å²) < 4.78 is 5.18. The second-order valence-electron chi connectivity index (χ2n) is 5.09. The zero-order valence-electron chi connectivity index (χ0n) is 12.4. The summed E-state index contributed by atoms with van der Waals surface area (Å²) in [4.78, 5) is 13.2. The second-order valence-corrected chi connectivity index (χ2v) is 6.58. The Bertz CT molecular complexity index is 436. The number of ether oxygens (including phenoxy) is 1. The average Bonchev–Trinajstić information content (AvgIpc) is 2.37. The van der Waals surface area contributed by atoms with Crippen LogP contribution in [-0.2, 0) is 9.53 Å². The average molecular weight is 316 g/mol. The molecule has 0 spiro atoms. The number of carbonyl (C=O) groups is 1. The summed E-state index contributed by atoms with van der Waals surface area (Å²) >= 11 is 7.48. The molecule has 20 heavy (non-hydrogen) atoms. The summed E-state index contributed by atoms with van der Waals surface area (Å²) in [5, 5.41) is 4.01. The number of hydrogen-bond donors (Lipinski definition) is 1. The van der Waals surface area contributed by atoms with Crippen molar-refractivity contribution in [2.75, 3.05) is 12.4 Å². The number of benzene rings is 1. The van der Waals surface area contributed by atoms with Crippen LogP contribution in [0.3, 0.4) is 0 Å². The van der Waals surface area contributed by atoms with Crippen molar-refractivity contribution in [2.45, 2.75) is 44.2 Å². The number of carbonyl (C=O) groups excluding carboxylic acids is 1. The van der Waals surface area contributed by atoms with Crippen LogP contribution in [0.25, 0.3) is 0 Å². The molecule has 0 aliphatic rings. The third-order valence-corrected chi connectivity index (χ3v) is 4.25. The summed E-state index contributed by atoms with van der Waals surface area (Å²) in [5.74, 6) is 0.390. The van der Waals surface area contributed by atoms with E-state index in [0.717, 1.165) is 4.90 Å². The highest BCUT2D eigenvalue weighted by Gasteiger charge is 2.35. The Labute approximate surface area is 130 Å². The lowest BCUT2D eigenvalue weighted by molar-refractivity contribution is -0.149. The fourth-order valence-electron chi connectivity index (χ4n) is 1.85. The van der Waals surface area contributed by atoms with Gasteiger partial charge in [-0.05, 0) is 52.0 Å². The molecule has 0 aliphatic carbocycles. The first kappa shape index (κ1) is 17.3. The third-order valence-electron chi connectivity index (χ3n) is 2.67. The van der Waals surface area contributed by atoms with Gasteiger partial charge in [-0.1, -0.05) is 11.6 Å². The molecule has 0 amide bonds. The van der Waals surface area contributed by atoms with Gasteiger partial charge in [0.05, 0.1) is 6.61 Å². The molecular weight excluding hydrogens is 294 g/mol. The maximum absolute atomic E-state index is 12.2. The lowest BCUT2D eigenvalue weighted by atomic mass is 10.0. The summed E-state index contributed by atoms with van der Waals surface area (Å²) in [5.41, 5.74) is -0.700. The molecule has 0 bridgehead atoms. The topological polar surface area (TPSA) is 38.3 Å². The molecule has 0 aromatic heterocycles.